The molecule has 0 spiro atoms. The first-order chi connectivity index (χ1) is 7.16. The van der Waals surface area contributed by atoms with Crippen molar-refractivity contribution in [2.45, 2.75) is 26.7 Å². The van der Waals surface area contributed by atoms with Crippen LogP contribution in [0.15, 0.2) is 24.5 Å². The number of allylic oxidation sites excluding steroid dienone is 2. The molecule has 15 heavy (non-hydrogen) atoms. The fraction of sp³-hybridized carbons (Fsp3) is 0.455. The van der Waals surface area contributed by atoms with Crippen LogP contribution in [0.1, 0.15) is 26.7 Å². The van der Waals surface area contributed by atoms with Crippen molar-refractivity contribution >= 4 is 11.9 Å². The van der Waals surface area contributed by atoms with Crippen molar-refractivity contribution in [1.82, 2.24) is 0 Å². The maximum Gasteiger partial charge on any atom is 0.330 e. The van der Waals surface area contributed by atoms with Crippen molar-refractivity contribution in [2.24, 2.45) is 0 Å². The van der Waals surface area contributed by atoms with Crippen LogP contribution in [0.2, 0.25) is 0 Å². The minimum Gasteiger partial charge on any atom is -0.463 e. The molecule has 0 saturated heterocycles. The number of hydrogen-bond acceptors (Lipinski definition) is 4. The summed E-state index contributed by atoms with van der Waals surface area (Å²) >= 11 is 0. The lowest BCUT2D eigenvalue weighted by atomic mass is 10.4. The molecule has 0 atom stereocenters. The molecule has 0 saturated carbocycles. The number of esters is 2. The van der Waals surface area contributed by atoms with Gasteiger partial charge in [-0.1, -0.05) is 19.4 Å². The maximum atomic E-state index is 11.0. The van der Waals surface area contributed by atoms with E-state index in [1.165, 1.54) is 31.4 Å². The van der Waals surface area contributed by atoms with Crippen LogP contribution in [-0.4, -0.2) is 18.5 Å². The van der Waals surface area contributed by atoms with Crippen molar-refractivity contribution in [1.29, 1.82) is 0 Å². The molecule has 0 N–H and O–H groups in total. The van der Waals surface area contributed by atoms with Crippen LogP contribution in [0.4, 0.5) is 0 Å². The van der Waals surface area contributed by atoms with Crippen LogP contribution < -0.4 is 0 Å². The molecule has 0 aromatic rings. The van der Waals surface area contributed by atoms with Crippen LogP contribution in [-0.2, 0) is 19.1 Å². The van der Waals surface area contributed by atoms with E-state index in [1.54, 1.807) is 0 Å². The van der Waals surface area contributed by atoms with Gasteiger partial charge in [-0.05, 0) is 12.5 Å². The van der Waals surface area contributed by atoms with Crippen molar-refractivity contribution in [3.63, 3.8) is 0 Å². The predicted octanol–water partition coefficient (Wildman–Crippen LogP) is 1.96. The zero-order valence-corrected chi connectivity index (χ0v) is 9.06. The van der Waals surface area contributed by atoms with Crippen LogP contribution in [0.5, 0.6) is 0 Å². The molecule has 0 amide bonds. The summed E-state index contributed by atoms with van der Waals surface area (Å²) in [6.07, 6.45) is 7.24. The molecule has 4 nitrogen and oxygen atoms in total. The molecule has 0 unspecified atom stereocenters. The molecule has 4 heteroatoms. The van der Waals surface area contributed by atoms with E-state index in [4.69, 9.17) is 4.74 Å². The average molecular weight is 212 g/mol. The lowest BCUT2D eigenvalue weighted by Gasteiger charge is -1.97. The maximum absolute atomic E-state index is 11.0. The Labute approximate surface area is 89.6 Å². The highest BCUT2D eigenvalue weighted by Gasteiger charge is 1.93. The van der Waals surface area contributed by atoms with Gasteiger partial charge in [0.15, 0.2) is 0 Å². The molecule has 84 valence electrons. The van der Waals surface area contributed by atoms with E-state index in [2.05, 4.69) is 4.74 Å². The third kappa shape index (κ3) is 10.3. The zero-order chi connectivity index (χ0) is 11.5. The molecule has 0 aromatic carbocycles. The van der Waals surface area contributed by atoms with Crippen LogP contribution in [0, 0.1) is 0 Å². The molecule has 0 aliphatic heterocycles. The minimum absolute atomic E-state index is 0.393. The van der Waals surface area contributed by atoms with Crippen LogP contribution in [0.25, 0.3) is 0 Å². The number of carbonyl (C=O) groups excluding carboxylic acids is 2. The number of unbranched alkanes of at least 4 members (excludes halogenated alkanes) is 1. The van der Waals surface area contributed by atoms with Gasteiger partial charge in [0.1, 0.15) is 0 Å². The van der Waals surface area contributed by atoms with Crippen LogP contribution in [0.3, 0.4) is 0 Å². The summed E-state index contributed by atoms with van der Waals surface area (Å²) in [4.78, 5) is 21.3. The van der Waals surface area contributed by atoms with Gasteiger partial charge in [-0.25, -0.2) is 4.79 Å². The van der Waals surface area contributed by atoms with E-state index < -0.39 is 11.9 Å². The normalized spacial score (nSPS) is 10.8. The topological polar surface area (TPSA) is 52.6 Å². The van der Waals surface area contributed by atoms with E-state index in [0.717, 1.165) is 12.8 Å². The van der Waals surface area contributed by atoms with Crippen molar-refractivity contribution < 1.29 is 19.1 Å². The molecular weight excluding hydrogens is 196 g/mol. The minimum atomic E-state index is -0.398. The summed E-state index contributed by atoms with van der Waals surface area (Å²) < 4.78 is 9.34. The Morgan fingerprint density at radius 2 is 2.00 bits per heavy atom. The van der Waals surface area contributed by atoms with Gasteiger partial charge in [-0.3, -0.25) is 4.79 Å². The first-order valence-electron chi connectivity index (χ1n) is 4.84. The van der Waals surface area contributed by atoms with Gasteiger partial charge < -0.3 is 9.47 Å². The van der Waals surface area contributed by atoms with Gasteiger partial charge in [0.05, 0.1) is 12.9 Å². The zero-order valence-electron chi connectivity index (χ0n) is 9.06. The Kier molecular flexibility index (Phi) is 8.05. The number of rotatable bonds is 6. The summed E-state index contributed by atoms with van der Waals surface area (Å²) in [7, 11) is 0. The molecule has 0 heterocycles. The van der Waals surface area contributed by atoms with Gasteiger partial charge in [0, 0.05) is 13.0 Å². The van der Waals surface area contributed by atoms with E-state index in [0.29, 0.717) is 6.61 Å². The number of hydrogen-bond donors (Lipinski definition) is 0. The monoisotopic (exact) mass is 212 g/mol. The standard InChI is InChI=1S/C11H16O4/c1-3-4-8-15-11(13)7-5-6-9-14-10(2)12/h5-7,9H,3-4,8H2,1-2H3/b7-5+,9-6+. The SMILES string of the molecule is CCCCOC(=O)/C=C/C=C/OC(C)=O. The van der Waals surface area contributed by atoms with E-state index >= 15 is 0 Å². The Balaban J connectivity index is 3.62. The summed E-state index contributed by atoms with van der Waals surface area (Å²) in [5, 5.41) is 0. The Morgan fingerprint density at radius 1 is 1.27 bits per heavy atom. The Bertz CT molecular complexity index is 253. The molecule has 0 bridgehead atoms. The van der Waals surface area contributed by atoms with E-state index in [-0.39, 0.29) is 0 Å². The third-order valence-corrected chi connectivity index (χ3v) is 1.40. The predicted molar refractivity (Wildman–Crippen MR) is 55.9 cm³/mol. The fourth-order valence-corrected chi connectivity index (χ4v) is 0.680. The average Bonchev–Trinajstić information content (AvgIpc) is 2.17. The van der Waals surface area contributed by atoms with Gasteiger partial charge in [0.2, 0.25) is 0 Å². The highest BCUT2D eigenvalue weighted by Crippen LogP contribution is 1.90. The fourth-order valence-electron chi connectivity index (χ4n) is 0.680. The molecule has 0 rings (SSSR count). The van der Waals surface area contributed by atoms with Gasteiger partial charge in [-0.15, -0.1) is 0 Å². The molecule has 0 aromatic heterocycles. The molecule has 0 aliphatic rings. The van der Waals surface area contributed by atoms with Crippen molar-refractivity contribution in [3.8, 4) is 0 Å². The van der Waals surface area contributed by atoms with Crippen molar-refractivity contribution in [2.75, 3.05) is 6.61 Å². The summed E-state index contributed by atoms with van der Waals surface area (Å²) in [6.45, 7) is 3.76. The first kappa shape index (κ1) is 13.4. The highest BCUT2D eigenvalue weighted by atomic mass is 16.5. The summed E-state index contributed by atoms with van der Waals surface area (Å²) in [5.41, 5.74) is 0. The lowest BCUT2D eigenvalue weighted by Crippen LogP contribution is -2.01. The van der Waals surface area contributed by atoms with Gasteiger partial charge in [-0.2, -0.15) is 0 Å². The van der Waals surface area contributed by atoms with E-state index in [1.807, 2.05) is 6.92 Å². The van der Waals surface area contributed by atoms with Crippen molar-refractivity contribution in [3.05, 3.63) is 24.5 Å². The van der Waals surface area contributed by atoms with E-state index in [9.17, 15) is 9.59 Å². The summed E-state index contributed by atoms with van der Waals surface area (Å²) in [6, 6.07) is 0. The lowest BCUT2D eigenvalue weighted by molar-refractivity contribution is -0.138. The van der Waals surface area contributed by atoms with Crippen LogP contribution >= 0.6 is 0 Å². The second-order valence-electron chi connectivity index (χ2n) is 2.82. The van der Waals surface area contributed by atoms with Gasteiger partial charge >= 0.3 is 11.9 Å². The molecule has 0 radical (unpaired) electrons. The number of ether oxygens (including phenoxy) is 2. The quantitative estimate of drug-likeness (QED) is 0.222. The second-order valence-corrected chi connectivity index (χ2v) is 2.82. The Hall–Kier alpha value is -1.58. The summed E-state index contributed by atoms with van der Waals surface area (Å²) in [5.74, 6) is -0.791. The second kappa shape index (κ2) is 8.99. The smallest absolute Gasteiger partial charge is 0.330 e. The largest absolute Gasteiger partial charge is 0.463 e. The third-order valence-electron chi connectivity index (χ3n) is 1.40. The number of carbonyl (C=O) groups is 2. The Morgan fingerprint density at radius 3 is 2.60 bits per heavy atom. The molecule has 0 fully saturated rings. The molecule has 0 aliphatic carbocycles. The highest BCUT2D eigenvalue weighted by molar-refractivity contribution is 5.82. The first-order valence-corrected chi connectivity index (χ1v) is 4.84. The molecular formula is C11H16O4. The van der Waals surface area contributed by atoms with Gasteiger partial charge in [0.25, 0.3) is 0 Å².